The largest absolute Gasteiger partial charge is 0.392 e. The smallest absolute Gasteiger partial charge is 0.133 e. The Balaban J connectivity index is 1.76. The highest BCUT2D eigenvalue weighted by Gasteiger charge is 2.28. The van der Waals surface area contributed by atoms with Gasteiger partial charge in [0.2, 0.25) is 0 Å². The average molecular weight is 139 g/mol. The number of rotatable bonds is 2. The Kier molecular flexibility index (Phi) is 1.40. The molecule has 2 heteroatoms. The van der Waals surface area contributed by atoms with E-state index in [-0.39, 0.29) is 0 Å². The van der Waals surface area contributed by atoms with Gasteiger partial charge in [-0.3, -0.25) is 0 Å². The molecule has 1 saturated carbocycles. The fourth-order valence-corrected chi connectivity index (χ4v) is 1.42. The Bertz CT molecular complexity index is 161. The zero-order valence-corrected chi connectivity index (χ0v) is 6.34. The molecule has 1 aliphatic heterocycles. The van der Waals surface area contributed by atoms with Crippen LogP contribution in [0.1, 0.15) is 32.6 Å². The molecule has 0 N–H and O–H groups in total. The van der Waals surface area contributed by atoms with Crippen molar-refractivity contribution in [1.29, 1.82) is 0 Å². The van der Waals surface area contributed by atoms with E-state index in [0.717, 1.165) is 18.1 Å². The highest BCUT2D eigenvalue weighted by atomic mass is 16.6. The van der Waals surface area contributed by atoms with E-state index in [1.165, 1.54) is 19.3 Å². The first-order chi connectivity index (χ1) is 4.84. The maximum atomic E-state index is 5.20. The minimum Gasteiger partial charge on any atom is -0.392 e. The van der Waals surface area contributed by atoms with Gasteiger partial charge in [0.25, 0.3) is 0 Å². The number of oxime groups is 1. The molecule has 10 heavy (non-hydrogen) atoms. The van der Waals surface area contributed by atoms with Crippen molar-refractivity contribution in [2.24, 2.45) is 11.1 Å². The summed E-state index contributed by atoms with van der Waals surface area (Å²) in [6.45, 7) is 2.03. The Morgan fingerprint density at radius 2 is 2.40 bits per heavy atom. The van der Waals surface area contributed by atoms with Crippen molar-refractivity contribution in [2.75, 3.05) is 0 Å². The molecule has 1 atom stereocenters. The second-order valence-corrected chi connectivity index (χ2v) is 3.44. The summed E-state index contributed by atoms with van der Waals surface area (Å²) in [5.41, 5.74) is 1.16. The molecule has 0 aromatic heterocycles. The van der Waals surface area contributed by atoms with Crippen molar-refractivity contribution < 1.29 is 4.84 Å². The van der Waals surface area contributed by atoms with Gasteiger partial charge in [0, 0.05) is 6.42 Å². The van der Waals surface area contributed by atoms with E-state index in [4.69, 9.17) is 4.84 Å². The van der Waals surface area contributed by atoms with Crippen molar-refractivity contribution >= 4 is 5.71 Å². The predicted octanol–water partition coefficient (Wildman–Crippen LogP) is 1.95. The molecule has 1 fully saturated rings. The summed E-state index contributed by atoms with van der Waals surface area (Å²) in [6, 6.07) is 0. The lowest BCUT2D eigenvalue weighted by atomic mass is 10.1. The molecule has 1 unspecified atom stereocenters. The molecule has 2 rings (SSSR count). The summed E-state index contributed by atoms with van der Waals surface area (Å²) in [5, 5.41) is 3.92. The van der Waals surface area contributed by atoms with Gasteiger partial charge in [-0.2, -0.15) is 0 Å². The number of hydrogen-bond acceptors (Lipinski definition) is 2. The fraction of sp³-hybridized carbons (Fsp3) is 0.875. The van der Waals surface area contributed by atoms with Gasteiger partial charge in [-0.1, -0.05) is 18.0 Å². The van der Waals surface area contributed by atoms with Crippen molar-refractivity contribution in [1.82, 2.24) is 0 Å². The fourth-order valence-electron chi connectivity index (χ4n) is 1.42. The van der Waals surface area contributed by atoms with E-state index >= 15 is 0 Å². The van der Waals surface area contributed by atoms with Gasteiger partial charge in [0.15, 0.2) is 0 Å². The van der Waals surface area contributed by atoms with Crippen LogP contribution >= 0.6 is 0 Å². The van der Waals surface area contributed by atoms with Crippen LogP contribution in [0.15, 0.2) is 5.16 Å². The minimum absolute atomic E-state index is 0.424. The first kappa shape index (κ1) is 6.20. The summed E-state index contributed by atoms with van der Waals surface area (Å²) in [4.78, 5) is 5.20. The van der Waals surface area contributed by atoms with Crippen LogP contribution in [-0.4, -0.2) is 11.8 Å². The monoisotopic (exact) mass is 139 g/mol. The molecule has 0 aromatic rings. The van der Waals surface area contributed by atoms with Gasteiger partial charge in [-0.15, -0.1) is 0 Å². The topological polar surface area (TPSA) is 21.6 Å². The quantitative estimate of drug-likeness (QED) is 0.573. The van der Waals surface area contributed by atoms with E-state index in [9.17, 15) is 0 Å². The molecular weight excluding hydrogens is 126 g/mol. The SMILES string of the molecule is CC1=NOC(CC2CC2)C1. The predicted molar refractivity (Wildman–Crippen MR) is 39.9 cm³/mol. The highest BCUT2D eigenvalue weighted by Crippen LogP contribution is 2.35. The molecule has 0 spiro atoms. The van der Waals surface area contributed by atoms with Crippen molar-refractivity contribution in [3.63, 3.8) is 0 Å². The summed E-state index contributed by atoms with van der Waals surface area (Å²) in [5.74, 6) is 0.964. The Labute approximate surface area is 61.2 Å². The standard InChI is InChI=1S/C8H13NO/c1-6-4-8(10-9-6)5-7-2-3-7/h7-8H,2-5H2,1H3. The summed E-state index contributed by atoms with van der Waals surface area (Å²) >= 11 is 0. The molecule has 0 bridgehead atoms. The van der Waals surface area contributed by atoms with Gasteiger partial charge in [0.05, 0.1) is 5.71 Å². The molecule has 2 aliphatic rings. The molecule has 1 heterocycles. The molecule has 0 amide bonds. The molecule has 56 valence electrons. The van der Waals surface area contributed by atoms with Crippen LogP contribution in [0, 0.1) is 5.92 Å². The Hall–Kier alpha value is -0.530. The second kappa shape index (κ2) is 2.26. The summed E-state index contributed by atoms with van der Waals surface area (Å²) in [7, 11) is 0. The van der Waals surface area contributed by atoms with Crippen LogP contribution in [0.3, 0.4) is 0 Å². The number of hydrogen-bond donors (Lipinski definition) is 0. The summed E-state index contributed by atoms with van der Waals surface area (Å²) < 4.78 is 0. The third kappa shape index (κ3) is 1.31. The maximum absolute atomic E-state index is 5.20. The molecule has 1 aliphatic carbocycles. The molecule has 2 nitrogen and oxygen atoms in total. The Morgan fingerprint density at radius 3 is 2.90 bits per heavy atom. The number of nitrogens with zero attached hydrogens (tertiary/aromatic N) is 1. The van der Waals surface area contributed by atoms with Crippen LogP contribution in [0.25, 0.3) is 0 Å². The van der Waals surface area contributed by atoms with Gasteiger partial charge in [-0.05, 0) is 19.3 Å². The third-order valence-electron chi connectivity index (χ3n) is 2.17. The van der Waals surface area contributed by atoms with E-state index in [1.807, 2.05) is 6.92 Å². The van der Waals surface area contributed by atoms with Crippen LogP contribution in [0.2, 0.25) is 0 Å². The zero-order valence-electron chi connectivity index (χ0n) is 6.34. The zero-order chi connectivity index (χ0) is 6.97. The van der Waals surface area contributed by atoms with Crippen LogP contribution in [0.4, 0.5) is 0 Å². The van der Waals surface area contributed by atoms with Crippen LogP contribution < -0.4 is 0 Å². The van der Waals surface area contributed by atoms with Crippen molar-refractivity contribution in [3.8, 4) is 0 Å². The lowest BCUT2D eigenvalue weighted by Gasteiger charge is -2.04. The minimum atomic E-state index is 0.424. The summed E-state index contributed by atoms with van der Waals surface area (Å²) in [6.07, 6.45) is 5.56. The molecule has 0 radical (unpaired) electrons. The van der Waals surface area contributed by atoms with Gasteiger partial charge in [-0.25, -0.2) is 0 Å². The highest BCUT2D eigenvalue weighted by molar-refractivity contribution is 5.82. The second-order valence-electron chi connectivity index (χ2n) is 3.44. The van der Waals surface area contributed by atoms with Crippen LogP contribution in [0.5, 0.6) is 0 Å². The first-order valence-corrected chi connectivity index (χ1v) is 4.04. The van der Waals surface area contributed by atoms with E-state index in [2.05, 4.69) is 5.16 Å². The lowest BCUT2D eigenvalue weighted by Crippen LogP contribution is -2.06. The van der Waals surface area contributed by atoms with E-state index in [0.29, 0.717) is 6.10 Å². The average Bonchev–Trinajstić information content (AvgIpc) is 2.59. The Morgan fingerprint density at radius 1 is 1.60 bits per heavy atom. The van der Waals surface area contributed by atoms with Crippen molar-refractivity contribution in [2.45, 2.75) is 38.7 Å². The molecular formula is C8H13NO. The normalized spacial score (nSPS) is 31.7. The first-order valence-electron chi connectivity index (χ1n) is 4.04. The van der Waals surface area contributed by atoms with E-state index in [1.54, 1.807) is 0 Å². The van der Waals surface area contributed by atoms with Crippen molar-refractivity contribution in [3.05, 3.63) is 0 Å². The molecule has 0 aromatic carbocycles. The third-order valence-corrected chi connectivity index (χ3v) is 2.17. The van der Waals surface area contributed by atoms with Gasteiger partial charge >= 0.3 is 0 Å². The van der Waals surface area contributed by atoms with Gasteiger partial charge in [0.1, 0.15) is 6.10 Å². The maximum Gasteiger partial charge on any atom is 0.133 e. The molecule has 0 saturated heterocycles. The van der Waals surface area contributed by atoms with E-state index < -0.39 is 0 Å². The van der Waals surface area contributed by atoms with Gasteiger partial charge < -0.3 is 4.84 Å². The van der Waals surface area contributed by atoms with Crippen LogP contribution in [-0.2, 0) is 4.84 Å². The lowest BCUT2D eigenvalue weighted by molar-refractivity contribution is 0.0749.